The average Bonchev–Trinajstić information content (AvgIpc) is 3.15. The van der Waals surface area contributed by atoms with Crippen molar-refractivity contribution in [3.05, 3.63) is 30.1 Å². The van der Waals surface area contributed by atoms with Crippen molar-refractivity contribution in [1.82, 2.24) is 20.6 Å². The van der Waals surface area contributed by atoms with Crippen molar-refractivity contribution in [2.24, 2.45) is 5.92 Å². The molecule has 0 aliphatic carbocycles. The third-order valence-corrected chi connectivity index (χ3v) is 4.36. The molecule has 0 saturated carbocycles. The Morgan fingerprint density at radius 1 is 1.41 bits per heavy atom. The van der Waals surface area contributed by atoms with Crippen LogP contribution >= 0.6 is 0 Å². The van der Waals surface area contributed by atoms with Crippen molar-refractivity contribution < 1.29 is 4.79 Å². The van der Waals surface area contributed by atoms with Gasteiger partial charge in [0.2, 0.25) is 5.91 Å². The van der Waals surface area contributed by atoms with E-state index in [9.17, 15) is 4.79 Å². The van der Waals surface area contributed by atoms with Crippen molar-refractivity contribution in [3.63, 3.8) is 0 Å². The standard InChI is InChI=1S/C17H24N4O/c1-11(2)15(21-17(22)14-8-5-9-18-14)10-16-19-12-6-3-4-7-13(12)20-16/h3-4,6-7,11,14-15,18H,5,8-10H2,1-2H3,(H,19,20)(H,21,22). The minimum atomic E-state index is -0.0306. The van der Waals surface area contributed by atoms with E-state index in [2.05, 4.69) is 34.4 Å². The fourth-order valence-electron chi connectivity index (χ4n) is 2.96. The van der Waals surface area contributed by atoms with Crippen LogP contribution in [0.2, 0.25) is 0 Å². The molecular formula is C17H24N4O. The van der Waals surface area contributed by atoms with Gasteiger partial charge in [0.05, 0.1) is 17.1 Å². The molecule has 1 aliphatic heterocycles. The highest BCUT2D eigenvalue weighted by atomic mass is 16.2. The van der Waals surface area contributed by atoms with Gasteiger partial charge in [-0.25, -0.2) is 4.98 Å². The van der Waals surface area contributed by atoms with Crippen LogP contribution in [0.15, 0.2) is 24.3 Å². The topological polar surface area (TPSA) is 69.8 Å². The van der Waals surface area contributed by atoms with Crippen molar-refractivity contribution in [1.29, 1.82) is 0 Å². The molecule has 0 radical (unpaired) electrons. The lowest BCUT2D eigenvalue weighted by atomic mass is 10.00. The first-order valence-electron chi connectivity index (χ1n) is 8.11. The van der Waals surface area contributed by atoms with Gasteiger partial charge in [-0.2, -0.15) is 0 Å². The zero-order valence-electron chi connectivity index (χ0n) is 13.2. The first-order valence-corrected chi connectivity index (χ1v) is 8.11. The van der Waals surface area contributed by atoms with Crippen LogP contribution in [0.25, 0.3) is 11.0 Å². The van der Waals surface area contributed by atoms with Crippen LogP contribution in [0, 0.1) is 5.92 Å². The van der Waals surface area contributed by atoms with E-state index in [-0.39, 0.29) is 18.0 Å². The van der Waals surface area contributed by atoms with Crippen molar-refractivity contribution in [2.45, 2.75) is 45.2 Å². The van der Waals surface area contributed by atoms with Gasteiger partial charge in [0.25, 0.3) is 0 Å². The number of para-hydroxylation sites is 2. The van der Waals surface area contributed by atoms with Gasteiger partial charge in [-0.1, -0.05) is 26.0 Å². The Bertz CT molecular complexity index is 610. The number of rotatable bonds is 5. The van der Waals surface area contributed by atoms with Crippen LogP contribution < -0.4 is 10.6 Å². The number of fused-ring (bicyclic) bond motifs is 1. The van der Waals surface area contributed by atoms with Crippen LogP contribution in [0.1, 0.15) is 32.5 Å². The maximum atomic E-state index is 12.3. The monoisotopic (exact) mass is 300 g/mol. The number of imidazole rings is 1. The summed E-state index contributed by atoms with van der Waals surface area (Å²) in [6.07, 6.45) is 2.74. The number of aromatic nitrogens is 2. The van der Waals surface area contributed by atoms with E-state index in [0.717, 1.165) is 42.7 Å². The summed E-state index contributed by atoms with van der Waals surface area (Å²) in [6, 6.07) is 8.07. The fourth-order valence-corrected chi connectivity index (χ4v) is 2.96. The Hall–Kier alpha value is -1.88. The van der Waals surface area contributed by atoms with Gasteiger partial charge in [-0.05, 0) is 37.4 Å². The Kier molecular flexibility index (Phi) is 4.43. The number of carbonyl (C=O) groups excluding carboxylic acids is 1. The molecule has 22 heavy (non-hydrogen) atoms. The fraction of sp³-hybridized carbons (Fsp3) is 0.529. The second-order valence-electron chi connectivity index (χ2n) is 6.41. The molecule has 2 atom stereocenters. The molecule has 1 amide bonds. The SMILES string of the molecule is CC(C)C(Cc1nc2ccccc2[nH]1)NC(=O)C1CCCN1. The maximum Gasteiger partial charge on any atom is 0.237 e. The normalized spacial score (nSPS) is 19.7. The molecule has 1 fully saturated rings. The molecule has 0 spiro atoms. The summed E-state index contributed by atoms with van der Waals surface area (Å²) < 4.78 is 0. The van der Waals surface area contributed by atoms with Gasteiger partial charge in [0.1, 0.15) is 5.82 Å². The second kappa shape index (κ2) is 6.48. The summed E-state index contributed by atoms with van der Waals surface area (Å²) in [6.45, 7) is 5.21. The summed E-state index contributed by atoms with van der Waals surface area (Å²) in [5, 5.41) is 6.44. The Morgan fingerprint density at radius 3 is 2.91 bits per heavy atom. The predicted molar refractivity (Wildman–Crippen MR) is 87.6 cm³/mol. The maximum absolute atomic E-state index is 12.3. The second-order valence-corrected chi connectivity index (χ2v) is 6.41. The molecule has 118 valence electrons. The molecule has 1 aromatic heterocycles. The third-order valence-electron chi connectivity index (χ3n) is 4.36. The molecule has 2 aromatic rings. The third kappa shape index (κ3) is 3.30. The molecule has 2 heterocycles. The van der Waals surface area contributed by atoms with Crippen molar-refractivity contribution in [2.75, 3.05) is 6.54 Å². The molecule has 0 bridgehead atoms. The molecule has 2 unspecified atom stereocenters. The molecule has 3 N–H and O–H groups in total. The van der Waals surface area contributed by atoms with E-state index in [4.69, 9.17) is 0 Å². The van der Waals surface area contributed by atoms with Gasteiger partial charge in [0, 0.05) is 12.5 Å². The highest BCUT2D eigenvalue weighted by Gasteiger charge is 2.26. The number of hydrogen-bond acceptors (Lipinski definition) is 3. The van der Waals surface area contributed by atoms with Crippen LogP contribution in [-0.2, 0) is 11.2 Å². The predicted octanol–water partition coefficient (Wildman–Crippen LogP) is 2.00. The Labute approximate surface area is 130 Å². The summed E-state index contributed by atoms with van der Waals surface area (Å²) >= 11 is 0. The number of amides is 1. The number of nitrogens with zero attached hydrogens (tertiary/aromatic N) is 1. The van der Waals surface area contributed by atoms with Crippen LogP contribution in [0.4, 0.5) is 0 Å². The van der Waals surface area contributed by atoms with Crippen LogP contribution in [-0.4, -0.2) is 34.5 Å². The van der Waals surface area contributed by atoms with E-state index >= 15 is 0 Å². The lowest BCUT2D eigenvalue weighted by Crippen LogP contribution is -2.48. The van der Waals surface area contributed by atoms with Crippen molar-refractivity contribution >= 4 is 16.9 Å². The first kappa shape index (κ1) is 15.0. The number of aromatic amines is 1. The number of nitrogens with one attached hydrogen (secondary N) is 3. The van der Waals surface area contributed by atoms with E-state index in [1.807, 2.05) is 24.3 Å². The molecule has 1 aromatic carbocycles. The lowest BCUT2D eigenvalue weighted by molar-refractivity contribution is -0.123. The van der Waals surface area contributed by atoms with Gasteiger partial charge < -0.3 is 15.6 Å². The zero-order valence-corrected chi connectivity index (χ0v) is 13.2. The Morgan fingerprint density at radius 2 is 2.23 bits per heavy atom. The Balaban J connectivity index is 1.69. The molecule has 3 rings (SSSR count). The number of H-pyrrole nitrogens is 1. The summed E-state index contributed by atoms with van der Waals surface area (Å²) in [5.74, 6) is 1.41. The molecule has 1 aliphatic rings. The minimum absolute atomic E-state index is 0.0306. The van der Waals surface area contributed by atoms with Crippen LogP contribution in [0.3, 0.4) is 0 Å². The molecule has 5 heteroatoms. The average molecular weight is 300 g/mol. The molecule has 5 nitrogen and oxygen atoms in total. The summed E-state index contributed by atoms with van der Waals surface area (Å²) in [5.41, 5.74) is 2.02. The highest BCUT2D eigenvalue weighted by Crippen LogP contribution is 2.15. The van der Waals surface area contributed by atoms with Gasteiger partial charge >= 0.3 is 0 Å². The molecular weight excluding hydrogens is 276 g/mol. The van der Waals surface area contributed by atoms with Gasteiger partial charge in [0.15, 0.2) is 0 Å². The summed E-state index contributed by atoms with van der Waals surface area (Å²) in [4.78, 5) is 20.3. The van der Waals surface area contributed by atoms with Crippen molar-refractivity contribution in [3.8, 4) is 0 Å². The van der Waals surface area contributed by atoms with Crippen LogP contribution in [0.5, 0.6) is 0 Å². The van der Waals surface area contributed by atoms with E-state index < -0.39 is 0 Å². The van der Waals surface area contributed by atoms with E-state index in [1.165, 1.54) is 0 Å². The quantitative estimate of drug-likeness (QED) is 0.791. The minimum Gasteiger partial charge on any atom is -0.351 e. The van der Waals surface area contributed by atoms with Gasteiger partial charge in [-0.3, -0.25) is 4.79 Å². The highest BCUT2D eigenvalue weighted by molar-refractivity contribution is 5.82. The van der Waals surface area contributed by atoms with E-state index in [1.54, 1.807) is 0 Å². The smallest absolute Gasteiger partial charge is 0.237 e. The zero-order chi connectivity index (χ0) is 15.5. The number of hydrogen-bond donors (Lipinski definition) is 3. The summed E-state index contributed by atoms with van der Waals surface area (Å²) in [7, 11) is 0. The number of carbonyl (C=O) groups is 1. The number of benzene rings is 1. The van der Waals surface area contributed by atoms with Gasteiger partial charge in [-0.15, -0.1) is 0 Å². The van der Waals surface area contributed by atoms with E-state index in [0.29, 0.717) is 5.92 Å². The molecule has 1 saturated heterocycles. The lowest BCUT2D eigenvalue weighted by Gasteiger charge is -2.23. The first-order chi connectivity index (χ1) is 10.6. The largest absolute Gasteiger partial charge is 0.351 e.